The number of nitrogens with one attached hydrogen (secondary N) is 2. The molecule has 0 amide bonds. The molecule has 0 saturated carbocycles. The van der Waals surface area contributed by atoms with Crippen molar-refractivity contribution in [1.82, 2.24) is 24.2 Å². The number of hydrogen-bond acceptors (Lipinski definition) is 5. The van der Waals surface area contributed by atoms with E-state index in [1.807, 2.05) is 36.4 Å². The zero-order valence-corrected chi connectivity index (χ0v) is 18.7. The van der Waals surface area contributed by atoms with Gasteiger partial charge in [-0.1, -0.05) is 24.3 Å². The number of imidazole rings is 1. The maximum Gasteiger partial charge on any atom is 0.259 e. The average molecular weight is 452 g/mol. The second kappa shape index (κ2) is 8.16. The third-order valence-corrected chi connectivity index (χ3v) is 7.38. The Hall–Kier alpha value is -3.01. The van der Waals surface area contributed by atoms with Crippen molar-refractivity contribution in [1.29, 1.82) is 0 Å². The van der Waals surface area contributed by atoms with Crippen LogP contribution in [0, 0.1) is 0 Å². The fraction of sp³-hybridized carbons (Fsp3) is 0.304. The van der Waals surface area contributed by atoms with Gasteiger partial charge < -0.3 is 14.9 Å². The summed E-state index contributed by atoms with van der Waals surface area (Å²) in [7, 11) is -3.11. The number of sulfonamides is 1. The number of piperazine rings is 1. The Balaban J connectivity index is 1.32. The molecule has 0 atom stereocenters. The second-order valence-corrected chi connectivity index (χ2v) is 10.3. The summed E-state index contributed by atoms with van der Waals surface area (Å²) < 4.78 is 24.9. The van der Waals surface area contributed by atoms with Gasteiger partial charge >= 0.3 is 0 Å². The van der Waals surface area contributed by atoms with E-state index in [0.29, 0.717) is 24.5 Å². The third kappa shape index (κ3) is 4.19. The summed E-state index contributed by atoms with van der Waals surface area (Å²) in [5.74, 6) is 0.557. The lowest BCUT2D eigenvalue weighted by Crippen LogP contribution is -2.48. The van der Waals surface area contributed by atoms with Gasteiger partial charge in [-0.05, 0) is 41.6 Å². The zero-order chi connectivity index (χ0) is 22.3. The number of hydrogen-bond donors (Lipinski definition) is 2. The van der Waals surface area contributed by atoms with Gasteiger partial charge in [-0.2, -0.15) is 4.31 Å². The molecule has 4 aromatic rings. The minimum atomic E-state index is -3.11. The van der Waals surface area contributed by atoms with Gasteiger partial charge in [0.25, 0.3) is 5.56 Å². The summed E-state index contributed by atoms with van der Waals surface area (Å²) in [6.45, 7) is 3.45. The molecule has 2 aromatic heterocycles. The Morgan fingerprint density at radius 2 is 1.75 bits per heavy atom. The molecule has 0 bridgehead atoms. The maximum atomic E-state index is 12.6. The highest BCUT2D eigenvalue weighted by Crippen LogP contribution is 2.22. The van der Waals surface area contributed by atoms with Gasteiger partial charge in [-0.25, -0.2) is 13.4 Å². The molecule has 5 rings (SSSR count). The quantitative estimate of drug-likeness (QED) is 0.484. The van der Waals surface area contributed by atoms with Crippen LogP contribution in [-0.2, 0) is 16.4 Å². The van der Waals surface area contributed by atoms with Crippen LogP contribution < -0.4 is 5.56 Å². The van der Waals surface area contributed by atoms with E-state index in [2.05, 4.69) is 32.0 Å². The summed E-state index contributed by atoms with van der Waals surface area (Å²) in [6, 6.07) is 15.7. The third-order valence-electron chi connectivity index (χ3n) is 6.07. The molecule has 9 heteroatoms. The Morgan fingerprint density at radius 3 is 2.53 bits per heavy atom. The van der Waals surface area contributed by atoms with Crippen molar-refractivity contribution < 1.29 is 8.42 Å². The summed E-state index contributed by atoms with van der Waals surface area (Å²) in [4.78, 5) is 25.7. The summed E-state index contributed by atoms with van der Waals surface area (Å²) in [5.41, 5.74) is 4.04. The van der Waals surface area contributed by atoms with Gasteiger partial charge in [0.15, 0.2) is 0 Å². The van der Waals surface area contributed by atoms with Gasteiger partial charge in [-0.3, -0.25) is 4.79 Å². The van der Waals surface area contributed by atoms with Gasteiger partial charge in [0.05, 0.1) is 22.9 Å². The first-order chi connectivity index (χ1) is 15.4. The van der Waals surface area contributed by atoms with Crippen molar-refractivity contribution >= 4 is 32.0 Å². The molecule has 0 unspecified atom stereocenters. The van der Waals surface area contributed by atoms with E-state index in [9.17, 15) is 13.2 Å². The monoisotopic (exact) mass is 451 g/mol. The van der Waals surface area contributed by atoms with Crippen LogP contribution in [0.25, 0.3) is 33.3 Å². The number of H-pyrrole nitrogens is 2. The predicted molar refractivity (Wildman–Crippen MR) is 126 cm³/mol. The SMILES string of the molecule is CS(=O)(=O)N1CCN(CCc2ccc3nc(-c4cc5ccccc5[nH]c4=O)[nH]c3c2)CC1. The number of benzene rings is 2. The van der Waals surface area contributed by atoms with E-state index in [0.717, 1.165) is 48.0 Å². The van der Waals surface area contributed by atoms with Crippen LogP contribution in [-0.4, -0.2) is 71.6 Å². The molecule has 1 saturated heterocycles. The fourth-order valence-corrected chi connectivity index (χ4v) is 5.06. The molecule has 166 valence electrons. The first-order valence-electron chi connectivity index (χ1n) is 10.7. The van der Waals surface area contributed by atoms with Gasteiger partial charge in [-0.15, -0.1) is 0 Å². The van der Waals surface area contributed by atoms with Crippen LogP contribution in [0.2, 0.25) is 0 Å². The Morgan fingerprint density at radius 1 is 0.969 bits per heavy atom. The molecular weight excluding hydrogens is 426 g/mol. The number of fused-ring (bicyclic) bond motifs is 2. The van der Waals surface area contributed by atoms with Crippen molar-refractivity contribution in [3.05, 3.63) is 64.4 Å². The van der Waals surface area contributed by atoms with E-state index >= 15 is 0 Å². The van der Waals surface area contributed by atoms with Crippen molar-refractivity contribution in [3.8, 4) is 11.4 Å². The van der Waals surface area contributed by atoms with Crippen LogP contribution in [0.15, 0.2) is 53.3 Å². The van der Waals surface area contributed by atoms with Crippen molar-refractivity contribution in [2.75, 3.05) is 39.0 Å². The number of rotatable bonds is 5. The van der Waals surface area contributed by atoms with Crippen LogP contribution in [0.3, 0.4) is 0 Å². The highest BCUT2D eigenvalue weighted by molar-refractivity contribution is 7.88. The second-order valence-electron chi connectivity index (χ2n) is 8.29. The van der Waals surface area contributed by atoms with Crippen molar-refractivity contribution in [2.24, 2.45) is 0 Å². The predicted octanol–water partition coefficient (Wildman–Crippen LogP) is 2.19. The average Bonchev–Trinajstić information content (AvgIpc) is 3.20. The lowest BCUT2D eigenvalue weighted by Gasteiger charge is -2.33. The van der Waals surface area contributed by atoms with Gasteiger partial charge in [0.2, 0.25) is 10.0 Å². The van der Waals surface area contributed by atoms with E-state index in [1.54, 1.807) is 0 Å². The smallest absolute Gasteiger partial charge is 0.259 e. The number of pyridine rings is 1. The minimum absolute atomic E-state index is 0.170. The summed E-state index contributed by atoms with van der Waals surface area (Å²) in [5, 5.41) is 0.958. The molecule has 8 nitrogen and oxygen atoms in total. The first kappa shape index (κ1) is 20.9. The highest BCUT2D eigenvalue weighted by Gasteiger charge is 2.23. The number of nitrogens with zero attached hydrogens (tertiary/aromatic N) is 3. The van der Waals surface area contributed by atoms with Crippen LogP contribution >= 0.6 is 0 Å². The van der Waals surface area contributed by atoms with Gasteiger partial charge in [0, 0.05) is 38.2 Å². The highest BCUT2D eigenvalue weighted by atomic mass is 32.2. The largest absolute Gasteiger partial charge is 0.338 e. The topological polar surface area (TPSA) is 102 Å². The molecule has 3 heterocycles. The molecule has 32 heavy (non-hydrogen) atoms. The maximum absolute atomic E-state index is 12.6. The first-order valence-corrected chi connectivity index (χ1v) is 12.5. The van der Waals surface area contributed by atoms with Gasteiger partial charge in [0.1, 0.15) is 5.82 Å². The standard InChI is InChI=1S/C23H25N5O3S/c1-32(30,31)28-12-10-27(11-13-28)9-8-16-6-7-20-21(14-16)25-22(24-20)18-15-17-4-2-3-5-19(17)26-23(18)29/h2-7,14-15H,8-13H2,1H3,(H,24,25)(H,26,29). The fourth-order valence-electron chi connectivity index (χ4n) is 4.24. The van der Waals surface area contributed by atoms with Crippen molar-refractivity contribution in [3.63, 3.8) is 0 Å². The molecule has 0 radical (unpaired) electrons. The number of aromatic amines is 2. The molecule has 0 aliphatic carbocycles. The van der Waals surface area contributed by atoms with Crippen LogP contribution in [0.4, 0.5) is 0 Å². The molecule has 2 aromatic carbocycles. The zero-order valence-electron chi connectivity index (χ0n) is 17.8. The van der Waals surface area contributed by atoms with Crippen LogP contribution in [0.5, 0.6) is 0 Å². The lowest BCUT2D eigenvalue weighted by atomic mass is 10.1. The van der Waals surface area contributed by atoms with E-state index < -0.39 is 10.0 Å². The Labute approximate surface area is 185 Å². The van der Waals surface area contributed by atoms with Crippen LogP contribution in [0.1, 0.15) is 5.56 Å². The molecule has 1 fully saturated rings. The minimum Gasteiger partial charge on any atom is -0.338 e. The van der Waals surface area contributed by atoms with Crippen molar-refractivity contribution in [2.45, 2.75) is 6.42 Å². The summed E-state index contributed by atoms with van der Waals surface area (Å²) in [6.07, 6.45) is 2.13. The molecular formula is C23H25N5O3S. The molecule has 0 spiro atoms. The molecule has 1 aliphatic rings. The van der Waals surface area contributed by atoms with E-state index in [1.165, 1.54) is 16.1 Å². The van der Waals surface area contributed by atoms with E-state index in [4.69, 9.17) is 0 Å². The summed E-state index contributed by atoms with van der Waals surface area (Å²) >= 11 is 0. The molecule has 1 aliphatic heterocycles. The Kier molecular flexibility index (Phi) is 5.32. The molecule has 2 N–H and O–H groups in total. The number of para-hydroxylation sites is 1. The number of aromatic nitrogens is 3. The lowest BCUT2D eigenvalue weighted by molar-refractivity contribution is 0.191. The Bertz CT molecular complexity index is 1450. The normalized spacial score (nSPS) is 16.2. The van der Waals surface area contributed by atoms with E-state index in [-0.39, 0.29) is 5.56 Å².